The number of hydrogen-bond acceptors (Lipinski definition) is 4. The number of nitrogens with zero attached hydrogens (tertiary/aromatic N) is 4. The second-order valence-corrected chi connectivity index (χ2v) is 4.91. The van der Waals surface area contributed by atoms with Gasteiger partial charge in [-0.2, -0.15) is 13.2 Å². The Hall–Kier alpha value is -3.30. The zero-order valence-corrected chi connectivity index (χ0v) is 12.2. The molecule has 1 aromatic carbocycles. The first-order valence-corrected chi connectivity index (χ1v) is 6.75. The summed E-state index contributed by atoms with van der Waals surface area (Å²) in [5, 5.41) is 16.6. The molecule has 1 N–H and O–H groups in total. The summed E-state index contributed by atoms with van der Waals surface area (Å²) < 4.78 is 52.3. The average Bonchev–Trinajstić information content (AvgIpc) is 2.91. The molecule has 0 atom stereocenters. The first-order valence-electron chi connectivity index (χ1n) is 6.75. The van der Waals surface area contributed by atoms with Crippen LogP contribution in [-0.4, -0.2) is 20.5 Å². The zero-order valence-electron chi connectivity index (χ0n) is 12.2. The number of hydrogen-bond donors (Lipinski definition) is 1. The van der Waals surface area contributed by atoms with Gasteiger partial charge in [-0.3, -0.25) is 4.40 Å². The van der Waals surface area contributed by atoms with Gasteiger partial charge in [-0.15, -0.1) is 10.2 Å². The topological polar surface area (TPSA) is 79.3 Å². The molecule has 0 fully saturated rings. The van der Waals surface area contributed by atoms with Crippen LogP contribution in [-0.2, 0) is 6.18 Å². The lowest BCUT2D eigenvalue weighted by Crippen LogP contribution is -2.06. The van der Waals surface area contributed by atoms with Crippen LogP contribution in [0, 0.1) is 5.82 Å². The van der Waals surface area contributed by atoms with Crippen molar-refractivity contribution in [2.75, 3.05) is 0 Å². The molecule has 0 radical (unpaired) electrons. The Morgan fingerprint density at radius 1 is 1.08 bits per heavy atom. The summed E-state index contributed by atoms with van der Waals surface area (Å²) in [4.78, 5) is 15.0. The van der Waals surface area contributed by atoms with Crippen LogP contribution in [0.15, 0.2) is 52.8 Å². The molecule has 6 nitrogen and oxygen atoms in total. The highest BCUT2D eigenvalue weighted by Gasteiger charge is 2.31. The SMILES string of the molecule is O=C(O)c1nc2ccc(C(F)(F)F)cn2c1N=Nc1ccc(F)cc1. The molecular weight excluding hydrogens is 344 g/mol. The van der Waals surface area contributed by atoms with Gasteiger partial charge in [0, 0.05) is 6.20 Å². The number of aromatic nitrogens is 2. The second-order valence-electron chi connectivity index (χ2n) is 4.91. The summed E-state index contributed by atoms with van der Waals surface area (Å²) in [7, 11) is 0. The molecule has 0 spiro atoms. The number of azo groups is 1. The number of carbonyl (C=O) groups is 1. The Morgan fingerprint density at radius 2 is 1.76 bits per heavy atom. The summed E-state index contributed by atoms with van der Waals surface area (Å²) in [5.74, 6) is -2.35. The minimum absolute atomic E-state index is 0.0292. The highest BCUT2D eigenvalue weighted by Crippen LogP contribution is 2.32. The van der Waals surface area contributed by atoms with E-state index in [0.717, 1.165) is 28.7 Å². The smallest absolute Gasteiger partial charge is 0.417 e. The highest BCUT2D eigenvalue weighted by molar-refractivity contribution is 5.91. The molecule has 10 heteroatoms. The Kier molecular flexibility index (Phi) is 3.95. The molecule has 0 amide bonds. The van der Waals surface area contributed by atoms with Gasteiger partial charge < -0.3 is 5.11 Å². The normalized spacial score (nSPS) is 12.2. The first kappa shape index (κ1) is 16.6. The van der Waals surface area contributed by atoms with Gasteiger partial charge in [-0.25, -0.2) is 14.2 Å². The summed E-state index contributed by atoms with van der Waals surface area (Å²) in [6.07, 6.45) is -3.93. The molecule has 2 aromatic heterocycles. The van der Waals surface area contributed by atoms with Crippen LogP contribution in [0.3, 0.4) is 0 Å². The summed E-state index contributed by atoms with van der Waals surface area (Å²) in [6.45, 7) is 0. The molecule has 0 bridgehead atoms. The lowest BCUT2D eigenvalue weighted by Gasteiger charge is -2.06. The van der Waals surface area contributed by atoms with Crippen LogP contribution in [0.1, 0.15) is 16.1 Å². The fourth-order valence-electron chi connectivity index (χ4n) is 2.05. The molecule has 25 heavy (non-hydrogen) atoms. The average molecular weight is 352 g/mol. The third-order valence-electron chi connectivity index (χ3n) is 3.21. The van der Waals surface area contributed by atoms with Crippen molar-refractivity contribution in [2.24, 2.45) is 10.2 Å². The maximum absolute atomic E-state index is 12.9. The number of fused-ring (bicyclic) bond motifs is 1. The van der Waals surface area contributed by atoms with E-state index in [2.05, 4.69) is 15.2 Å². The van der Waals surface area contributed by atoms with E-state index in [4.69, 9.17) is 0 Å². The maximum Gasteiger partial charge on any atom is 0.417 e. The third-order valence-corrected chi connectivity index (χ3v) is 3.21. The number of carboxylic acids is 1. The Labute approximate surface area is 137 Å². The number of carboxylic acid groups (broad SMARTS) is 1. The van der Waals surface area contributed by atoms with Crippen LogP contribution in [0.5, 0.6) is 0 Å². The van der Waals surface area contributed by atoms with E-state index in [0.29, 0.717) is 6.20 Å². The van der Waals surface area contributed by atoms with Crippen molar-refractivity contribution in [2.45, 2.75) is 6.18 Å². The molecule has 0 saturated carbocycles. The van der Waals surface area contributed by atoms with Crippen molar-refractivity contribution in [1.82, 2.24) is 9.38 Å². The number of halogens is 4. The molecule has 128 valence electrons. The molecule has 0 unspecified atom stereocenters. The van der Waals surface area contributed by atoms with Crippen molar-refractivity contribution in [3.63, 3.8) is 0 Å². The molecule has 3 rings (SSSR count). The van der Waals surface area contributed by atoms with Gasteiger partial charge in [-0.05, 0) is 36.4 Å². The standard InChI is InChI=1S/C15H8F4N4O2/c16-9-2-4-10(5-3-9)21-22-13-12(14(24)25)20-11-6-1-8(7-23(11)13)15(17,18)19/h1-7H,(H,24,25). The summed E-state index contributed by atoms with van der Waals surface area (Å²) >= 11 is 0. The van der Waals surface area contributed by atoms with Crippen molar-refractivity contribution in [1.29, 1.82) is 0 Å². The Balaban J connectivity index is 2.14. The van der Waals surface area contributed by atoms with Crippen molar-refractivity contribution in [3.8, 4) is 0 Å². The lowest BCUT2D eigenvalue weighted by atomic mass is 10.3. The van der Waals surface area contributed by atoms with Crippen LogP contribution in [0.4, 0.5) is 29.1 Å². The van der Waals surface area contributed by atoms with E-state index in [1.807, 2.05) is 0 Å². The predicted molar refractivity (Wildman–Crippen MR) is 77.7 cm³/mol. The van der Waals surface area contributed by atoms with Gasteiger partial charge in [0.1, 0.15) is 11.5 Å². The van der Waals surface area contributed by atoms with Gasteiger partial charge in [0.05, 0.1) is 11.3 Å². The van der Waals surface area contributed by atoms with Crippen molar-refractivity contribution < 1.29 is 27.5 Å². The number of pyridine rings is 1. The third kappa shape index (κ3) is 3.32. The largest absolute Gasteiger partial charge is 0.476 e. The molecule has 0 saturated heterocycles. The molecule has 3 aromatic rings. The molecular formula is C15H8F4N4O2. The number of alkyl halides is 3. The van der Waals surface area contributed by atoms with E-state index >= 15 is 0 Å². The van der Waals surface area contributed by atoms with Gasteiger partial charge in [0.15, 0.2) is 11.5 Å². The predicted octanol–water partition coefficient (Wildman–Crippen LogP) is 4.61. The Bertz CT molecular complexity index is 978. The molecule has 0 aliphatic heterocycles. The fraction of sp³-hybridized carbons (Fsp3) is 0.0667. The molecule has 0 aliphatic carbocycles. The minimum atomic E-state index is -4.62. The number of rotatable bonds is 3. The van der Waals surface area contributed by atoms with Crippen molar-refractivity contribution >= 4 is 23.1 Å². The summed E-state index contributed by atoms with van der Waals surface area (Å²) in [6, 6.07) is 6.61. The van der Waals surface area contributed by atoms with Gasteiger partial charge >= 0.3 is 12.1 Å². The van der Waals surface area contributed by atoms with E-state index in [9.17, 15) is 27.5 Å². The fourth-order valence-corrected chi connectivity index (χ4v) is 2.05. The zero-order chi connectivity index (χ0) is 18.2. The maximum atomic E-state index is 12.9. The number of aromatic carboxylic acids is 1. The minimum Gasteiger partial charge on any atom is -0.476 e. The molecule has 0 aliphatic rings. The summed E-state index contributed by atoms with van der Waals surface area (Å²) in [5.41, 5.74) is -1.38. The molecule has 2 heterocycles. The van der Waals surface area contributed by atoms with Crippen LogP contribution in [0.25, 0.3) is 5.65 Å². The monoisotopic (exact) mass is 352 g/mol. The van der Waals surface area contributed by atoms with Crippen LogP contribution < -0.4 is 0 Å². The number of imidazole rings is 1. The van der Waals surface area contributed by atoms with E-state index in [-0.39, 0.29) is 17.2 Å². The van der Waals surface area contributed by atoms with E-state index in [1.165, 1.54) is 12.1 Å². The van der Waals surface area contributed by atoms with E-state index in [1.54, 1.807) is 0 Å². The van der Waals surface area contributed by atoms with Gasteiger partial charge in [-0.1, -0.05) is 0 Å². The first-order chi connectivity index (χ1) is 11.8. The van der Waals surface area contributed by atoms with Crippen LogP contribution >= 0.6 is 0 Å². The van der Waals surface area contributed by atoms with E-state index < -0.39 is 29.2 Å². The van der Waals surface area contributed by atoms with Gasteiger partial charge in [0.25, 0.3) is 0 Å². The Morgan fingerprint density at radius 3 is 2.36 bits per heavy atom. The van der Waals surface area contributed by atoms with Crippen LogP contribution in [0.2, 0.25) is 0 Å². The highest BCUT2D eigenvalue weighted by atomic mass is 19.4. The quantitative estimate of drug-likeness (QED) is 0.552. The number of benzene rings is 1. The van der Waals surface area contributed by atoms with Gasteiger partial charge in [0.2, 0.25) is 0 Å². The second kappa shape index (κ2) is 5.96. The lowest BCUT2D eigenvalue weighted by molar-refractivity contribution is -0.137. The van der Waals surface area contributed by atoms with Crippen molar-refractivity contribution in [3.05, 3.63) is 59.7 Å².